The average molecular weight is 410 g/mol. The monoisotopic (exact) mass is 409 g/mol. The highest BCUT2D eigenvalue weighted by atomic mass is 32.2. The zero-order chi connectivity index (χ0) is 20.9. The molecular formula is C19H27N3O5S. The van der Waals surface area contributed by atoms with Gasteiger partial charge in [-0.3, -0.25) is 9.69 Å². The number of ether oxygens (including phenoxy) is 1. The topological polar surface area (TPSA) is 96.0 Å². The van der Waals surface area contributed by atoms with E-state index >= 15 is 0 Å². The average Bonchev–Trinajstić information content (AvgIpc) is 2.85. The number of carbonyl (C=O) groups is 2. The maximum absolute atomic E-state index is 13.3. The third kappa shape index (κ3) is 3.16. The zero-order valence-electron chi connectivity index (χ0n) is 16.9. The van der Waals surface area contributed by atoms with Gasteiger partial charge < -0.3 is 10.1 Å². The summed E-state index contributed by atoms with van der Waals surface area (Å²) in [6, 6.07) is 3.01. The molecule has 1 N–H and O–H groups in total. The van der Waals surface area contributed by atoms with Crippen molar-refractivity contribution in [3.63, 3.8) is 0 Å². The molecule has 0 bridgehead atoms. The van der Waals surface area contributed by atoms with Gasteiger partial charge in [0.25, 0.3) is 5.91 Å². The van der Waals surface area contributed by atoms with E-state index in [-0.39, 0.29) is 42.7 Å². The van der Waals surface area contributed by atoms with Crippen LogP contribution in [0.2, 0.25) is 0 Å². The van der Waals surface area contributed by atoms with Gasteiger partial charge in [-0.05, 0) is 48.9 Å². The Hall–Kier alpha value is -2.13. The van der Waals surface area contributed by atoms with Gasteiger partial charge in [-0.25, -0.2) is 13.2 Å². The molecule has 3 amide bonds. The van der Waals surface area contributed by atoms with Crippen LogP contribution in [0, 0.1) is 6.92 Å². The fourth-order valence-corrected chi connectivity index (χ4v) is 5.61. The first-order valence-electron chi connectivity index (χ1n) is 9.32. The Balaban J connectivity index is 1.88. The number of piperidine rings is 1. The molecule has 2 aliphatic rings. The van der Waals surface area contributed by atoms with Crippen molar-refractivity contribution < 1.29 is 22.7 Å². The minimum absolute atomic E-state index is 0.107. The standard InChI is InChI=1S/C19H27N3O5S/c1-12(2)14-11-16(13(3)10-15(14)27-5)28(25,26)22-8-6-19(7-9-22)17(23)21(4)18(24)20-19/h10-12H,6-9H2,1-5H3,(H,20,24). The molecule has 0 unspecified atom stereocenters. The summed E-state index contributed by atoms with van der Waals surface area (Å²) in [5.74, 6) is 0.486. The van der Waals surface area contributed by atoms with Gasteiger partial charge in [0.05, 0.1) is 12.0 Å². The number of methoxy groups -OCH3 is 1. The van der Waals surface area contributed by atoms with Crippen LogP contribution >= 0.6 is 0 Å². The number of likely N-dealkylation sites (N-methyl/N-ethyl adjacent to an activating group) is 1. The van der Waals surface area contributed by atoms with Crippen LogP contribution in [-0.2, 0) is 14.8 Å². The van der Waals surface area contributed by atoms with Gasteiger partial charge in [-0.2, -0.15) is 4.31 Å². The quantitative estimate of drug-likeness (QED) is 0.766. The largest absolute Gasteiger partial charge is 0.496 e. The number of imide groups is 1. The maximum atomic E-state index is 13.3. The smallest absolute Gasteiger partial charge is 0.324 e. The summed E-state index contributed by atoms with van der Waals surface area (Å²) < 4.78 is 33.4. The van der Waals surface area contributed by atoms with Crippen LogP contribution in [0.15, 0.2) is 17.0 Å². The van der Waals surface area contributed by atoms with E-state index in [1.165, 1.54) is 11.4 Å². The van der Waals surface area contributed by atoms with Gasteiger partial charge in [-0.1, -0.05) is 13.8 Å². The molecule has 8 nitrogen and oxygen atoms in total. The van der Waals surface area contributed by atoms with E-state index in [0.717, 1.165) is 10.5 Å². The lowest BCUT2D eigenvalue weighted by atomic mass is 9.88. The second-order valence-electron chi connectivity index (χ2n) is 7.79. The van der Waals surface area contributed by atoms with Crippen molar-refractivity contribution in [1.29, 1.82) is 0 Å². The molecule has 0 atom stereocenters. The number of carbonyl (C=O) groups excluding carboxylic acids is 2. The fourth-order valence-electron chi connectivity index (χ4n) is 3.92. The molecule has 0 aliphatic carbocycles. The van der Waals surface area contributed by atoms with Crippen LogP contribution in [0.3, 0.4) is 0 Å². The maximum Gasteiger partial charge on any atom is 0.324 e. The van der Waals surface area contributed by atoms with E-state index in [2.05, 4.69) is 5.32 Å². The van der Waals surface area contributed by atoms with E-state index in [4.69, 9.17) is 4.74 Å². The van der Waals surface area contributed by atoms with Crippen molar-refractivity contribution in [2.45, 2.75) is 50.0 Å². The summed E-state index contributed by atoms with van der Waals surface area (Å²) in [6.07, 6.45) is 0.515. The van der Waals surface area contributed by atoms with Crippen LogP contribution < -0.4 is 10.1 Å². The normalized spacial score (nSPS) is 20.1. The number of nitrogens with zero attached hydrogens (tertiary/aromatic N) is 2. The molecular weight excluding hydrogens is 382 g/mol. The summed E-state index contributed by atoms with van der Waals surface area (Å²) in [5.41, 5.74) is 0.460. The number of hydrogen-bond acceptors (Lipinski definition) is 5. The van der Waals surface area contributed by atoms with Gasteiger partial charge in [0.1, 0.15) is 11.3 Å². The lowest BCUT2D eigenvalue weighted by molar-refractivity contribution is -0.131. The Labute approximate surface area is 165 Å². The van der Waals surface area contributed by atoms with Crippen molar-refractivity contribution in [3.05, 3.63) is 23.3 Å². The lowest BCUT2D eigenvalue weighted by Crippen LogP contribution is -2.55. The number of aryl methyl sites for hydroxylation is 1. The first kappa shape index (κ1) is 20.6. The molecule has 2 fully saturated rings. The SMILES string of the molecule is COc1cc(C)c(S(=O)(=O)N2CCC3(CC2)NC(=O)N(C)C3=O)cc1C(C)C. The lowest BCUT2D eigenvalue weighted by Gasteiger charge is -2.36. The number of urea groups is 1. The third-order valence-corrected chi connectivity index (χ3v) is 7.75. The molecule has 2 heterocycles. The molecule has 1 aromatic rings. The van der Waals surface area contributed by atoms with Crippen molar-refractivity contribution in [1.82, 2.24) is 14.5 Å². The van der Waals surface area contributed by atoms with Crippen LogP contribution in [0.25, 0.3) is 0 Å². The summed E-state index contributed by atoms with van der Waals surface area (Å²) in [6.45, 7) is 6.06. The van der Waals surface area contributed by atoms with Crippen LogP contribution in [0.1, 0.15) is 43.7 Å². The molecule has 0 saturated carbocycles. The number of sulfonamides is 1. The minimum Gasteiger partial charge on any atom is -0.496 e. The first-order chi connectivity index (χ1) is 13.0. The molecule has 28 heavy (non-hydrogen) atoms. The van der Waals surface area contributed by atoms with E-state index in [9.17, 15) is 18.0 Å². The van der Waals surface area contributed by atoms with Gasteiger partial charge in [0, 0.05) is 20.1 Å². The molecule has 1 spiro atoms. The number of nitrogens with one attached hydrogen (secondary N) is 1. The number of hydrogen-bond donors (Lipinski definition) is 1. The summed E-state index contributed by atoms with van der Waals surface area (Å²) >= 11 is 0. The highest BCUT2D eigenvalue weighted by Gasteiger charge is 2.52. The van der Waals surface area contributed by atoms with E-state index in [1.54, 1.807) is 26.2 Å². The van der Waals surface area contributed by atoms with Crippen molar-refractivity contribution in [2.24, 2.45) is 0 Å². The number of benzene rings is 1. The minimum atomic E-state index is -3.72. The summed E-state index contributed by atoms with van der Waals surface area (Å²) in [4.78, 5) is 25.6. The number of amides is 3. The Morgan fingerprint density at radius 3 is 2.25 bits per heavy atom. The number of rotatable bonds is 4. The second kappa shape index (κ2) is 7.04. The van der Waals surface area contributed by atoms with E-state index < -0.39 is 21.6 Å². The van der Waals surface area contributed by atoms with Crippen molar-refractivity contribution >= 4 is 22.0 Å². The molecule has 2 saturated heterocycles. The van der Waals surface area contributed by atoms with Gasteiger partial charge in [0.15, 0.2) is 0 Å². The van der Waals surface area contributed by atoms with E-state index in [1.807, 2.05) is 13.8 Å². The first-order valence-corrected chi connectivity index (χ1v) is 10.8. The molecule has 154 valence electrons. The molecule has 9 heteroatoms. The fraction of sp³-hybridized carbons (Fsp3) is 0.579. The highest BCUT2D eigenvalue weighted by molar-refractivity contribution is 7.89. The third-order valence-electron chi connectivity index (χ3n) is 5.71. The predicted molar refractivity (Wildman–Crippen MR) is 104 cm³/mol. The molecule has 0 aromatic heterocycles. The zero-order valence-corrected chi connectivity index (χ0v) is 17.7. The van der Waals surface area contributed by atoms with Crippen LogP contribution in [0.5, 0.6) is 5.75 Å². The van der Waals surface area contributed by atoms with Gasteiger partial charge in [-0.15, -0.1) is 0 Å². The summed E-state index contributed by atoms with van der Waals surface area (Å²) in [5, 5.41) is 2.73. The molecule has 1 aromatic carbocycles. The Kier molecular flexibility index (Phi) is 5.18. The Morgan fingerprint density at radius 2 is 1.79 bits per heavy atom. The predicted octanol–water partition coefficient (Wildman–Crippen LogP) is 1.83. The Bertz CT molecular complexity index is 918. The van der Waals surface area contributed by atoms with Crippen molar-refractivity contribution in [2.75, 3.05) is 27.2 Å². The van der Waals surface area contributed by atoms with Crippen LogP contribution in [0.4, 0.5) is 4.79 Å². The van der Waals surface area contributed by atoms with Crippen LogP contribution in [-0.4, -0.2) is 62.3 Å². The molecule has 0 radical (unpaired) electrons. The summed E-state index contributed by atoms with van der Waals surface area (Å²) in [7, 11) is -0.718. The Morgan fingerprint density at radius 1 is 1.18 bits per heavy atom. The highest BCUT2D eigenvalue weighted by Crippen LogP contribution is 2.35. The van der Waals surface area contributed by atoms with E-state index in [0.29, 0.717) is 11.3 Å². The molecule has 2 aliphatic heterocycles. The van der Waals surface area contributed by atoms with Gasteiger partial charge >= 0.3 is 6.03 Å². The van der Waals surface area contributed by atoms with Crippen molar-refractivity contribution in [3.8, 4) is 5.75 Å². The van der Waals surface area contributed by atoms with Gasteiger partial charge in [0.2, 0.25) is 10.0 Å². The second-order valence-corrected chi connectivity index (χ2v) is 9.70. The molecule has 3 rings (SSSR count).